The fraction of sp³-hybridized carbons (Fsp3) is 0.516. The van der Waals surface area contributed by atoms with E-state index in [0.29, 0.717) is 19.6 Å². The molecule has 1 aromatic heterocycles. The molecule has 7 atom stereocenters. The number of hydrogen-bond donors (Lipinski definition) is 0. The summed E-state index contributed by atoms with van der Waals surface area (Å²) in [4.78, 5) is 4.60. The molecule has 0 unspecified atom stereocenters. The van der Waals surface area contributed by atoms with Gasteiger partial charge in [0.25, 0.3) is 0 Å². The smallest absolute Gasteiger partial charge is 0.190 e. The number of aromatic nitrogens is 1. The first-order chi connectivity index (χ1) is 19.3. The largest absolute Gasteiger partial charge is 0.371 e. The number of hydrogen-bond acceptors (Lipinski definition) is 9. The molecular weight excluding hydrogens is 530 g/mol. The highest BCUT2D eigenvalue weighted by Crippen LogP contribution is 2.46. The van der Waals surface area contributed by atoms with Crippen molar-refractivity contribution in [1.29, 1.82) is 0 Å². The maximum absolute atomic E-state index is 6.66. The third-order valence-electron chi connectivity index (χ3n) is 7.33. The maximum Gasteiger partial charge on any atom is 0.190 e. The van der Waals surface area contributed by atoms with E-state index in [-0.39, 0.29) is 12.2 Å². The summed E-state index contributed by atoms with van der Waals surface area (Å²) in [5, 5.41) is 2.86. The lowest BCUT2D eigenvalue weighted by Crippen LogP contribution is -2.59. The van der Waals surface area contributed by atoms with Crippen LogP contribution in [0, 0.1) is 0 Å². The molecule has 2 aromatic carbocycles. The molecule has 3 saturated heterocycles. The minimum atomic E-state index is -0.801. The molecule has 0 aliphatic carbocycles. The SMILES string of the molecule is CC1(C)O[C@@H]2[C@H](O1)[C@H]1OC(C)(C)O[C@H]1O[C@@H]2[C@H](C[C@H](OCc1ccccc1)c1nccs1)OCc1ccccc1. The summed E-state index contributed by atoms with van der Waals surface area (Å²) in [5.74, 6) is -1.60. The summed E-state index contributed by atoms with van der Waals surface area (Å²) in [5.41, 5.74) is 2.16. The van der Waals surface area contributed by atoms with Crippen LogP contribution in [0.15, 0.2) is 72.2 Å². The molecule has 0 radical (unpaired) electrons. The van der Waals surface area contributed by atoms with Gasteiger partial charge >= 0.3 is 0 Å². The van der Waals surface area contributed by atoms with E-state index in [4.69, 9.17) is 33.2 Å². The second-order valence-corrected chi connectivity index (χ2v) is 12.3. The lowest BCUT2D eigenvalue weighted by atomic mass is 9.92. The van der Waals surface area contributed by atoms with Crippen LogP contribution in [-0.4, -0.2) is 53.4 Å². The molecule has 3 aromatic rings. The van der Waals surface area contributed by atoms with Crippen LogP contribution in [0.2, 0.25) is 0 Å². The zero-order valence-electron chi connectivity index (χ0n) is 23.3. The van der Waals surface area contributed by atoms with E-state index in [0.717, 1.165) is 16.1 Å². The van der Waals surface area contributed by atoms with E-state index >= 15 is 0 Å². The summed E-state index contributed by atoms with van der Waals surface area (Å²) < 4.78 is 45.0. The second kappa shape index (κ2) is 11.6. The Balaban J connectivity index is 1.29. The number of benzene rings is 2. The van der Waals surface area contributed by atoms with E-state index in [1.54, 1.807) is 17.5 Å². The molecule has 3 aliphatic rings. The lowest BCUT2D eigenvalue weighted by molar-refractivity contribution is -0.261. The van der Waals surface area contributed by atoms with Gasteiger partial charge in [0.05, 0.1) is 19.3 Å². The van der Waals surface area contributed by atoms with Crippen molar-refractivity contribution in [3.05, 3.63) is 88.4 Å². The van der Waals surface area contributed by atoms with Crippen LogP contribution in [0.3, 0.4) is 0 Å². The Morgan fingerprint density at radius 2 is 1.38 bits per heavy atom. The molecule has 40 heavy (non-hydrogen) atoms. The second-order valence-electron chi connectivity index (χ2n) is 11.4. The average molecular weight is 568 g/mol. The predicted octanol–water partition coefficient (Wildman–Crippen LogP) is 5.77. The Hall–Kier alpha value is -2.21. The van der Waals surface area contributed by atoms with Gasteiger partial charge in [0.2, 0.25) is 0 Å². The molecule has 3 aliphatic heterocycles. The summed E-state index contributed by atoms with van der Waals surface area (Å²) in [6.07, 6.45) is -0.700. The van der Waals surface area contributed by atoms with E-state index in [1.807, 2.05) is 69.5 Å². The van der Waals surface area contributed by atoms with Crippen molar-refractivity contribution in [3.63, 3.8) is 0 Å². The van der Waals surface area contributed by atoms with Crippen LogP contribution in [0.4, 0.5) is 0 Å². The van der Waals surface area contributed by atoms with Crippen molar-refractivity contribution in [3.8, 4) is 0 Å². The monoisotopic (exact) mass is 567 g/mol. The number of ether oxygens (including phenoxy) is 7. The van der Waals surface area contributed by atoms with Gasteiger partial charge < -0.3 is 33.2 Å². The Bertz CT molecular complexity index is 1220. The third-order valence-corrected chi connectivity index (χ3v) is 8.20. The van der Waals surface area contributed by atoms with Gasteiger partial charge in [-0.25, -0.2) is 4.98 Å². The van der Waals surface area contributed by atoms with E-state index in [2.05, 4.69) is 29.2 Å². The van der Waals surface area contributed by atoms with Gasteiger partial charge in [-0.1, -0.05) is 60.7 Å². The fourth-order valence-corrected chi connectivity index (χ4v) is 6.33. The first-order valence-electron chi connectivity index (χ1n) is 13.8. The van der Waals surface area contributed by atoms with Crippen LogP contribution in [0.1, 0.15) is 56.4 Å². The Kier molecular flexibility index (Phi) is 8.09. The highest BCUT2D eigenvalue weighted by atomic mass is 32.1. The number of nitrogens with zero attached hydrogens (tertiary/aromatic N) is 1. The minimum Gasteiger partial charge on any atom is -0.371 e. The highest BCUT2D eigenvalue weighted by Gasteiger charge is 2.62. The van der Waals surface area contributed by atoms with Crippen molar-refractivity contribution < 1.29 is 33.2 Å². The molecule has 0 spiro atoms. The summed E-state index contributed by atoms with van der Waals surface area (Å²) >= 11 is 1.57. The lowest BCUT2D eigenvalue weighted by Gasteiger charge is -2.41. The van der Waals surface area contributed by atoms with Crippen molar-refractivity contribution in [1.82, 2.24) is 4.98 Å². The normalized spacial score (nSPS) is 29.9. The fourth-order valence-electron chi connectivity index (χ4n) is 5.63. The van der Waals surface area contributed by atoms with Gasteiger partial charge in [-0.05, 0) is 38.8 Å². The first-order valence-corrected chi connectivity index (χ1v) is 14.7. The molecule has 0 saturated carbocycles. The zero-order chi connectivity index (χ0) is 27.7. The molecule has 6 rings (SSSR count). The zero-order valence-corrected chi connectivity index (χ0v) is 24.1. The molecule has 0 bridgehead atoms. The molecule has 9 heteroatoms. The van der Waals surface area contributed by atoms with Gasteiger partial charge in [-0.2, -0.15) is 0 Å². The Morgan fingerprint density at radius 1 is 0.775 bits per heavy atom. The van der Waals surface area contributed by atoms with Gasteiger partial charge in [0.1, 0.15) is 35.5 Å². The minimum absolute atomic E-state index is 0.312. The van der Waals surface area contributed by atoms with E-state index in [1.165, 1.54) is 0 Å². The standard InChI is InChI=1S/C31H37NO7S/c1-30(2)36-25-24(35-29-27(26(25)37-30)38-31(3,4)39-29)22(33-18-20-11-7-5-8-12-20)17-23(28-32-15-16-40-28)34-19-21-13-9-6-10-14-21/h5-16,22-27,29H,17-19H2,1-4H3/t22-,23-,24+,25-,26-,27+,29+/m0/s1. The van der Waals surface area contributed by atoms with Crippen molar-refractivity contribution in [2.24, 2.45) is 0 Å². The topological polar surface area (TPSA) is 77.5 Å². The number of rotatable bonds is 10. The highest BCUT2D eigenvalue weighted by molar-refractivity contribution is 7.09. The quantitative estimate of drug-likeness (QED) is 0.306. The Morgan fingerprint density at radius 3 is 2.02 bits per heavy atom. The van der Waals surface area contributed by atoms with Crippen LogP contribution in [-0.2, 0) is 46.4 Å². The van der Waals surface area contributed by atoms with Crippen molar-refractivity contribution in [2.75, 3.05) is 0 Å². The van der Waals surface area contributed by atoms with E-state index < -0.39 is 42.3 Å². The van der Waals surface area contributed by atoms with Crippen molar-refractivity contribution >= 4 is 11.3 Å². The molecule has 4 heterocycles. The van der Waals surface area contributed by atoms with Crippen LogP contribution in [0.5, 0.6) is 0 Å². The summed E-state index contributed by atoms with van der Waals surface area (Å²) in [6.45, 7) is 8.47. The van der Waals surface area contributed by atoms with Gasteiger partial charge in [-0.3, -0.25) is 0 Å². The van der Waals surface area contributed by atoms with Crippen LogP contribution < -0.4 is 0 Å². The summed E-state index contributed by atoms with van der Waals surface area (Å²) in [6, 6.07) is 20.3. The predicted molar refractivity (Wildman–Crippen MR) is 148 cm³/mol. The number of thiazole rings is 1. The van der Waals surface area contributed by atoms with Gasteiger partial charge in [0, 0.05) is 18.0 Å². The van der Waals surface area contributed by atoms with Crippen molar-refractivity contribution in [2.45, 2.75) is 102 Å². The summed E-state index contributed by atoms with van der Waals surface area (Å²) in [7, 11) is 0. The molecular formula is C31H37NO7S. The number of fused-ring (bicyclic) bond motifs is 3. The molecule has 8 nitrogen and oxygen atoms in total. The molecule has 0 N–H and O–H groups in total. The molecule has 3 fully saturated rings. The molecule has 0 amide bonds. The third kappa shape index (κ3) is 6.32. The average Bonchev–Trinajstić information content (AvgIpc) is 3.65. The van der Waals surface area contributed by atoms with E-state index in [9.17, 15) is 0 Å². The van der Waals surface area contributed by atoms with Gasteiger partial charge in [0.15, 0.2) is 17.9 Å². The maximum atomic E-state index is 6.66. The molecule has 214 valence electrons. The van der Waals surface area contributed by atoms with Crippen LogP contribution >= 0.6 is 11.3 Å². The van der Waals surface area contributed by atoms with Gasteiger partial charge in [-0.15, -0.1) is 11.3 Å². The Labute approximate surface area is 239 Å². The van der Waals surface area contributed by atoms with Crippen LogP contribution in [0.25, 0.3) is 0 Å². The first kappa shape index (κ1) is 27.9.